The van der Waals surface area contributed by atoms with Gasteiger partial charge in [-0.15, -0.1) is 0 Å². The van der Waals surface area contributed by atoms with Gasteiger partial charge in [-0.1, -0.05) is 17.7 Å². The Morgan fingerprint density at radius 3 is 2.68 bits per heavy atom. The maximum absolute atomic E-state index is 13.0. The monoisotopic (exact) mass is 400 g/mol. The quantitative estimate of drug-likeness (QED) is 0.849. The van der Waals surface area contributed by atoms with Gasteiger partial charge in [0.25, 0.3) is 5.91 Å². The molecule has 7 heteroatoms. The molecule has 6 nitrogen and oxygen atoms in total. The van der Waals surface area contributed by atoms with E-state index in [0.717, 1.165) is 12.0 Å². The number of carbonyl (C=O) groups is 2. The van der Waals surface area contributed by atoms with Crippen LogP contribution in [-0.4, -0.2) is 31.6 Å². The van der Waals surface area contributed by atoms with Crippen molar-refractivity contribution >= 4 is 29.1 Å². The van der Waals surface area contributed by atoms with E-state index in [2.05, 4.69) is 5.32 Å². The zero-order valence-electron chi connectivity index (χ0n) is 15.5. The molecular weight excluding hydrogens is 380 g/mol. The van der Waals surface area contributed by atoms with E-state index in [-0.39, 0.29) is 17.9 Å². The van der Waals surface area contributed by atoms with Crippen molar-refractivity contribution in [2.24, 2.45) is 0 Å². The molecule has 1 unspecified atom stereocenters. The minimum absolute atomic E-state index is 0.0104. The highest BCUT2D eigenvalue weighted by atomic mass is 35.5. The second-order valence-corrected chi connectivity index (χ2v) is 7.35. The van der Waals surface area contributed by atoms with Gasteiger partial charge in [-0.3, -0.25) is 9.59 Å². The van der Waals surface area contributed by atoms with Crippen molar-refractivity contribution in [3.05, 3.63) is 52.5 Å². The number of anilines is 1. The summed E-state index contributed by atoms with van der Waals surface area (Å²) < 4.78 is 11.2. The number of nitrogens with zero attached hydrogens (tertiary/aromatic N) is 1. The Kier molecular flexibility index (Phi) is 5.13. The SMILES string of the molecule is CC(NC(=O)c1ccc(Cl)cc1N1CCCC1=O)c1ccc2c(c1)OCCO2. The number of hydrogen-bond donors (Lipinski definition) is 1. The van der Waals surface area contributed by atoms with Crippen LogP contribution in [0, 0.1) is 0 Å². The highest BCUT2D eigenvalue weighted by Gasteiger charge is 2.27. The Morgan fingerprint density at radius 1 is 1.14 bits per heavy atom. The molecule has 2 aliphatic heterocycles. The molecule has 1 atom stereocenters. The number of fused-ring (bicyclic) bond motifs is 1. The van der Waals surface area contributed by atoms with E-state index in [0.29, 0.717) is 54.0 Å². The summed E-state index contributed by atoms with van der Waals surface area (Å²) in [5, 5.41) is 3.49. The van der Waals surface area contributed by atoms with Gasteiger partial charge >= 0.3 is 0 Å². The summed E-state index contributed by atoms with van der Waals surface area (Å²) in [5.74, 6) is 1.14. The van der Waals surface area contributed by atoms with Crippen LogP contribution in [0.5, 0.6) is 11.5 Å². The van der Waals surface area contributed by atoms with Crippen molar-refractivity contribution in [1.82, 2.24) is 5.32 Å². The fourth-order valence-electron chi connectivity index (χ4n) is 3.51. The lowest BCUT2D eigenvalue weighted by atomic mass is 10.1. The van der Waals surface area contributed by atoms with Crippen molar-refractivity contribution in [2.75, 3.05) is 24.7 Å². The second kappa shape index (κ2) is 7.72. The van der Waals surface area contributed by atoms with Crippen LogP contribution in [0.3, 0.4) is 0 Å². The molecule has 0 bridgehead atoms. The first-order valence-corrected chi connectivity index (χ1v) is 9.71. The van der Waals surface area contributed by atoms with Gasteiger partial charge in [0.05, 0.1) is 17.3 Å². The molecule has 1 saturated heterocycles. The molecule has 1 N–H and O–H groups in total. The van der Waals surface area contributed by atoms with E-state index in [1.165, 1.54) is 0 Å². The van der Waals surface area contributed by atoms with Crippen LogP contribution in [0.1, 0.15) is 41.7 Å². The van der Waals surface area contributed by atoms with Gasteiger partial charge in [0.2, 0.25) is 5.91 Å². The Balaban J connectivity index is 1.56. The third kappa shape index (κ3) is 3.64. The van der Waals surface area contributed by atoms with Crippen molar-refractivity contribution in [1.29, 1.82) is 0 Å². The Bertz CT molecular complexity index is 931. The van der Waals surface area contributed by atoms with Crippen molar-refractivity contribution < 1.29 is 19.1 Å². The maximum atomic E-state index is 13.0. The fraction of sp³-hybridized carbons (Fsp3) is 0.333. The first-order chi connectivity index (χ1) is 13.5. The molecular formula is C21H21ClN2O4. The zero-order valence-corrected chi connectivity index (χ0v) is 16.3. The van der Waals surface area contributed by atoms with Gasteiger partial charge in [0.15, 0.2) is 11.5 Å². The average Bonchev–Trinajstić information content (AvgIpc) is 3.13. The van der Waals surface area contributed by atoms with Gasteiger partial charge in [-0.2, -0.15) is 0 Å². The maximum Gasteiger partial charge on any atom is 0.253 e. The summed E-state index contributed by atoms with van der Waals surface area (Å²) in [6.07, 6.45) is 1.27. The van der Waals surface area contributed by atoms with Crippen LogP contribution < -0.4 is 19.7 Å². The minimum atomic E-state index is -0.256. The molecule has 2 aliphatic rings. The van der Waals surface area contributed by atoms with E-state index in [9.17, 15) is 9.59 Å². The molecule has 28 heavy (non-hydrogen) atoms. The van der Waals surface area contributed by atoms with Gasteiger partial charge in [0, 0.05) is 18.0 Å². The highest BCUT2D eigenvalue weighted by Crippen LogP contribution is 2.33. The van der Waals surface area contributed by atoms with Crippen LogP contribution >= 0.6 is 11.6 Å². The molecule has 0 aliphatic carbocycles. The summed E-state index contributed by atoms with van der Waals surface area (Å²) in [5.41, 5.74) is 1.90. The molecule has 2 aromatic carbocycles. The van der Waals surface area contributed by atoms with E-state index in [1.54, 1.807) is 23.1 Å². The summed E-state index contributed by atoms with van der Waals surface area (Å²) in [6.45, 7) is 3.54. The van der Waals surface area contributed by atoms with Crippen LogP contribution in [0.25, 0.3) is 0 Å². The molecule has 146 valence electrons. The molecule has 4 rings (SSSR count). The summed E-state index contributed by atoms with van der Waals surface area (Å²) in [4.78, 5) is 26.8. The molecule has 0 aromatic heterocycles. The molecule has 2 heterocycles. The summed E-state index contributed by atoms with van der Waals surface area (Å²) in [6, 6.07) is 10.4. The van der Waals surface area contributed by atoms with E-state index in [1.807, 2.05) is 25.1 Å². The van der Waals surface area contributed by atoms with E-state index < -0.39 is 0 Å². The third-order valence-electron chi connectivity index (χ3n) is 4.98. The summed E-state index contributed by atoms with van der Waals surface area (Å²) in [7, 11) is 0. The van der Waals surface area contributed by atoms with Crippen molar-refractivity contribution in [3.8, 4) is 11.5 Å². The first kappa shape index (κ1) is 18.6. The lowest BCUT2D eigenvalue weighted by Crippen LogP contribution is -2.31. The van der Waals surface area contributed by atoms with Crippen LogP contribution in [-0.2, 0) is 4.79 Å². The number of halogens is 1. The normalized spacial score (nSPS) is 16.8. The number of carbonyl (C=O) groups excluding carboxylic acids is 2. The lowest BCUT2D eigenvalue weighted by Gasteiger charge is -2.23. The summed E-state index contributed by atoms with van der Waals surface area (Å²) >= 11 is 6.12. The molecule has 2 amide bonds. The van der Waals surface area contributed by atoms with Crippen molar-refractivity contribution in [2.45, 2.75) is 25.8 Å². The molecule has 0 spiro atoms. The molecule has 2 aromatic rings. The molecule has 0 saturated carbocycles. The van der Waals surface area contributed by atoms with Crippen LogP contribution in [0.15, 0.2) is 36.4 Å². The predicted molar refractivity (Wildman–Crippen MR) is 106 cm³/mol. The Morgan fingerprint density at radius 2 is 1.93 bits per heavy atom. The lowest BCUT2D eigenvalue weighted by molar-refractivity contribution is -0.117. The van der Waals surface area contributed by atoms with E-state index in [4.69, 9.17) is 21.1 Å². The minimum Gasteiger partial charge on any atom is -0.486 e. The van der Waals surface area contributed by atoms with Crippen molar-refractivity contribution in [3.63, 3.8) is 0 Å². The van der Waals surface area contributed by atoms with Crippen LogP contribution in [0.2, 0.25) is 5.02 Å². The standard InChI is InChI=1S/C21H21ClN2O4/c1-13(14-4-7-18-19(11-14)28-10-9-27-18)23-21(26)16-6-5-15(22)12-17(16)24-8-2-3-20(24)25/h4-7,11-13H,2-3,8-10H2,1H3,(H,23,26). The van der Waals surface area contributed by atoms with Gasteiger partial charge in [0.1, 0.15) is 13.2 Å². The fourth-order valence-corrected chi connectivity index (χ4v) is 3.68. The average molecular weight is 401 g/mol. The van der Waals surface area contributed by atoms with Crippen LogP contribution in [0.4, 0.5) is 5.69 Å². The molecule has 0 radical (unpaired) electrons. The molecule has 1 fully saturated rings. The highest BCUT2D eigenvalue weighted by molar-refractivity contribution is 6.31. The van der Waals surface area contributed by atoms with Gasteiger partial charge < -0.3 is 19.7 Å². The largest absolute Gasteiger partial charge is 0.486 e. The number of nitrogens with one attached hydrogen (secondary N) is 1. The number of benzene rings is 2. The topological polar surface area (TPSA) is 67.9 Å². The Labute approximate surface area is 168 Å². The van der Waals surface area contributed by atoms with Gasteiger partial charge in [-0.05, 0) is 49.2 Å². The first-order valence-electron chi connectivity index (χ1n) is 9.33. The smallest absolute Gasteiger partial charge is 0.253 e. The zero-order chi connectivity index (χ0) is 19.7. The van der Waals surface area contributed by atoms with E-state index >= 15 is 0 Å². The number of rotatable bonds is 4. The second-order valence-electron chi connectivity index (χ2n) is 6.91. The number of ether oxygens (including phenoxy) is 2. The third-order valence-corrected chi connectivity index (χ3v) is 5.22. The number of hydrogen-bond acceptors (Lipinski definition) is 4. The number of amides is 2. The van der Waals surface area contributed by atoms with Gasteiger partial charge in [-0.25, -0.2) is 0 Å². The Hall–Kier alpha value is -2.73. The predicted octanol–water partition coefficient (Wildman–Crippen LogP) is 3.73.